The van der Waals surface area contributed by atoms with Gasteiger partial charge in [0.05, 0.1) is 6.61 Å². The molecule has 0 saturated carbocycles. The monoisotopic (exact) mass is 216 g/mol. The van der Waals surface area contributed by atoms with E-state index < -0.39 is 0 Å². The van der Waals surface area contributed by atoms with Gasteiger partial charge in [0.25, 0.3) is 0 Å². The van der Waals surface area contributed by atoms with Crippen molar-refractivity contribution < 1.29 is 9.53 Å². The SMILES string of the molecule is C=CC(=O)OCCc1ccc(C(=C)C)cc1. The van der Waals surface area contributed by atoms with Crippen molar-refractivity contribution in [3.63, 3.8) is 0 Å². The number of hydrogen-bond donors (Lipinski definition) is 0. The summed E-state index contributed by atoms with van der Waals surface area (Å²) < 4.78 is 4.90. The van der Waals surface area contributed by atoms with Gasteiger partial charge >= 0.3 is 5.97 Å². The molecule has 0 heterocycles. The number of carbonyl (C=O) groups excluding carboxylic acids is 1. The van der Waals surface area contributed by atoms with Crippen molar-refractivity contribution in [2.45, 2.75) is 13.3 Å². The maximum atomic E-state index is 10.8. The van der Waals surface area contributed by atoms with Gasteiger partial charge in [0.1, 0.15) is 0 Å². The molecule has 1 aromatic carbocycles. The summed E-state index contributed by atoms with van der Waals surface area (Å²) in [5, 5.41) is 0. The third-order valence-corrected chi connectivity index (χ3v) is 2.25. The van der Waals surface area contributed by atoms with Gasteiger partial charge in [0.15, 0.2) is 0 Å². The fourth-order valence-corrected chi connectivity index (χ4v) is 1.28. The van der Waals surface area contributed by atoms with Crippen LogP contribution in [0.1, 0.15) is 18.1 Å². The van der Waals surface area contributed by atoms with Gasteiger partial charge in [-0.25, -0.2) is 4.79 Å². The van der Waals surface area contributed by atoms with Crippen molar-refractivity contribution >= 4 is 11.5 Å². The molecular weight excluding hydrogens is 200 g/mol. The van der Waals surface area contributed by atoms with E-state index in [2.05, 4.69) is 13.2 Å². The lowest BCUT2D eigenvalue weighted by Crippen LogP contribution is -2.04. The van der Waals surface area contributed by atoms with Crippen LogP contribution in [0, 0.1) is 0 Å². The Kier molecular flexibility index (Phi) is 4.52. The summed E-state index contributed by atoms with van der Waals surface area (Å²) in [6, 6.07) is 8.08. The average molecular weight is 216 g/mol. The minimum absolute atomic E-state index is 0.376. The molecule has 0 fully saturated rings. The highest BCUT2D eigenvalue weighted by Gasteiger charge is 1.98. The van der Waals surface area contributed by atoms with Crippen molar-refractivity contribution in [2.75, 3.05) is 6.61 Å². The molecule has 0 N–H and O–H groups in total. The maximum Gasteiger partial charge on any atom is 0.330 e. The molecule has 1 aromatic rings. The second-order valence-corrected chi connectivity index (χ2v) is 3.60. The number of esters is 1. The van der Waals surface area contributed by atoms with Gasteiger partial charge in [-0.15, -0.1) is 0 Å². The quantitative estimate of drug-likeness (QED) is 0.558. The lowest BCUT2D eigenvalue weighted by molar-refractivity contribution is -0.137. The molecular formula is C14H16O2. The Morgan fingerprint density at radius 3 is 2.50 bits per heavy atom. The van der Waals surface area contributed by atoms with Gasteiger partial charge < -0.3 is 4.74 Å². The van der Waals surface area contributed by atoms with Crippen LogP contribution >= 0.6 is 0 Å². The van der Waals surface area contributed by atoms with E-state index in [0.29, 0.717) is 6.61 Å². The molecule has 0 amide bonds. The number of ether oxygens (including phenoxy) is 1. The van der Waals surface area contributed by atoms with E-state index in [9.17, 15) is 4.79 Å². The minimum atomic E-state index is -0.376. The molecule has 2 nitrogen and oxygen atoms in total. The molecule has 0 aliphatic heterocycles. The first-order valence-corrected chi connectivity index (χ1v) is 5.17. The molecule has 0 aliphatic carbocycles. The average Bonchev–Trinajstić information content (AvgIpc) is 2.29. The number of allylic oxidation sites excluding steroid dienone is 1. The van der Waals surface area contributed by atoms with Crippen molar-refractivity contribution in [1.82, 2.24) is 0 Å². The van der Waals surface area contributed by atoms with Gasteiger partial charge in [-0.3, -0.25) is 0 Å². The Morgan fingerprint density at radius 2 is 2.00 bits per heavy atom. The summed E-state index contributed by atoms with van der Waals surface area (Å²) in [5.41, 5.74) is 3.32. The van der Waals surface area contributed by atoms with Crippen LogP contribution in [0.2, 0.25) is 0 Å². The van der Waals surface area contributed by atoms with Crippen LogP contribution in [0.15, 0.2) is 43.5 Å². The van der Waals surface area contributed by atoms with E-state index in [-0.39, 0.29) is 5.97 Å². The van der Waals surface area contributed by atoms with Crippen LogP contribution in [0.4, 0.5) is 0 Å². The van der Waals surface area contributed by atoms with Crippen LogP contribution < -0.4 is 0 Å². The summed E-state index contributed by atoms with van der Waals surface area (Å²) in [4.78, 5) is 10.8. The van der Waals surface area contributed by atoms with Crippen molar-refractivity contribution in [1.29, 1.82) is 0 Å². The second-order valence-electron chi connectivity index (χ2n) is 3.60. The zero-order valence-electron chi connectivity index (χ0n) is 9.53. The molecule has 0 unspecified atom stereocenters. The summed E-state index contributed by atoms with van der Waals surface area (Å²) >= 11 is 0. The summed E-state index contributed by atoms with van der Waals surface area (Å²) in [5.74, 6) is -0.376. The van der Waals surface area contributed by atoms with E-state index >= 15 is 0 Å². The third-order valence-electron chi connectivity index (χ3n) is 2.25. The second kappa shape index (κ2) is 5.91. The van der Waals surface area contributed by atoms with Crippen LogP contribution in [0.25, 0.3) is 5.57 Å². The first-order valence-electron chi connectivity index (χ1n) is 5.17. The molecule has 0 radical (unpaired) electrons. The molecule has 0 atom stereocenters. The van der Waals surface area contributed by atoms with Gasteiger partial charge in [-0.1, -0.05) is 43.0 Å². The molecule has 2 heteroatoms. The largest absolute Gasteiger partial charge is 0.462 e. The highest BCUT2D eigenvalue weighted by molar-refractivity contribution is 5.81. The van der Waals surface area contributed by atoms with E-state index in [1.807, 2.05) is 31.2 Å². The lowest BCUT2D eigenvalue weighted by atomic mass is 10.1. The molecule has 0 aliphatic rings. The van der Waals surface area contributed by atoms with E-state index in [4.69, 9.17) is 4.74 Å². The summed E-state index contributed by atoms with van der Waals surface area (Å²) in [6.45, 7) is 9.56. The predicted octanol–water partition coefficient (Wildman–Crippen LogP) is 2.99. The molecule has 0 saturated heterocycles. The summed E-state index contributed by atoms with van der Waals surface area (Å²) in [6.07, 6.45) is 1.89. The predicted molar refractivity (Wildman–Crippen MR) is 66.0 cm³/mol. The standard InChI is InChI=1S/C14H16O2/c1-4-14(15)16-10-9-12-5-7-13(8-6-12)11(2)3/h4-8H,1-2,9-10H2,3H3. The smallest absolute Gasteiger partial charge is 0.330 e. The zero-order valence-corrected chi connectivity index (χ0v) is 9.53. The van der Waals surface area contributed by atoms with E-state index in [1.54, 1.807) is 0 Å². The fourth-order valence-electron chi connectivity index (χ4n) is 1.28. The first kappa shape index (κ1) is 12.2. The Hall–Kier alpha value is -1.83. The summed E-state index contributed by atoms with van der Waals surface area (Å²) in [7, 11) is 0. The molecule has 0 aromatic heterocycles. The Labute approximate surface area is 96.2 Å². The number of benzene rings is 1. The van der Waals surface area contributed by atoms with Gasteiger partial charge in [-0.05, 0) is 18.1 Å². The molecule has 0 bridgehead atoms. The number of carbonyl (C=O) groups is 1. The third kappa shape index (κ3) is 3.73. The zero-order chi connectivity index (χ0) is 12.0. The number of rotatable bonds is 5. The van der Waals surface area contributed by atoms with Gasteiger partial charge in [0.2, 0.25) is 0 Å². The highest BCUT2D eigenvalue weighted by Crippen LogP contribution is 2.12. The Balaban J connectivity index is 2.46. The Bertz CT molecular complexity index is 388. The topological polar surface area (TPSA) is 26.3 Å². The lowest BCUT2D eigenvalue weighted by Gasteiger charge is -2.04. The Morgan fingerprint density at radius 1 is 1.38 bits per heavy atom. The van der Waals surface area contributed by atoms with Crippen LogP contribution in [0.3, 0.4) is 0 Å². The van der Waals surface area contributed by atoms with E-state index in [1.165, 1.54) is 6.08 Å². The van der Waals surface area contributed by atoms with Crippen LogP contribution in [0.5, 0.6) is 0 Å². The van der Waals surface area contributed by atoms with Crippen LogP contribution in [-0.4, -0.2) is 12.6 Å². The minimum Gasteiger partial charge on any atom is -0.462 e. The van der Waals surface area contributed by atoms with Crippen molar-refractivity contribution in [3.8, 4) is 0 Å². The normalized spacial score (nSPS) is 9.56. The van der Waals surface area contributed by atoms with Gasteiger partial charge in [0, 0.05) is 12.5 Å². The molecule has 84 valence electrons. The molecule has 16 heavy (non-hydrogen) atoms. The van der Waals surface area contributed by atoms with Gasteiger partial charge in [-0.2, -0.15) is 0 Å². The van der Waals surface area contributed by atoms with Crippen molar-refractivity contribution in [3.05, 3.63) is 54.6 Å². The number of hydrogen-bond acceptors (Lipinski definition) is 2. The van der Waals surface area contributed by atoms with Crippen molar-refractivity contribution in [2.24, 2.45) is 0 Å². The van der Waals surface area contributed by atoms with E-state index in [0.717, 1.165) is 23.1 Å². The molecule has 0 spiro atoms. The maximum absolute atomic E-state index is 10.8. The molecule has 1 rings (SSSR count). The highest BCUT2D eigenvalue weighted by atomic mass is 16.5. The fraction of sp³-hybridized carbons (Fsp3) is 0.214. The first-order chi connectivity index (χ1) is 7.63. The van der Waals surface area contributed by atoms with Crippen LogP contribution in [-0.2, 0) is 16.0 Å².